The lowest BCUT2D eigenvalue weighted by Gasteiger charge is -2.09. The first-order valence-electron chi connectivity index (χ1n) is 6.13. The number of aryl methyl sites for hydroxylation is 2. The summed E-state index contributed by atoms with van der Waals surface area (Å²) in [7, 11) is -1.88. The average molecular weight is 298 g/mol. The minimum Gasteiger partial charge on any atom is -0.444 e. The summed E-state index contributed by atoms with van der Waals surface area (Å²) in [6.07, 6.45) is 3.08. The monoisotopic (exact) mass is 298 g/mol. The molecule has 0 radical (unpaired) electrons. The van der Waals surface area contributed by atoms with Crippen molar-refractivity contribution >= 4 is 10.0 Å². The Bertz CT molecular complexity index is 702. The molecule has 0 aliphatic rings. The third-order valence-corrected chi connectivity index (χ3v) is 4.45. The van der Waals surface area contributed by atoms with Gasteiger partial charge in [0.15, 0.2) is 0 Å². The molecule has 2 aromatic rings. The summed E-state index contributed by atoms with van der Waals surface area (Å²) in [6, 6.07) is 1.01. The van der Waals surface area contributed by atoms with Crippen LogP contribution in [0, 0.1) is 6.92 Å². The van der Waals surface area contributed by atoms with Gasteiger partial charge in [-0.3, -0.25) is 0 Å². The molecule has 0 fully saturated rings. The molecular weight excluding hydrogens is 280 g/mol. The molecule has 2 aromatic heterocycles. The van der Waals surface area contributed by atoms with Crippen molar-refractivity contribution in [1.82, 2.24) is 14.3 Å². The van der Waals surface area contributed by atoms with Crippen molar-refractivity contribution in [3.8, 4) is 0 Å². The van der Waals surface area contributed by atoms with Crippen molar-refractivity contribution < 1.29 is 12.8 Å². The van der Waals surface area contributed by atoms with Crippen molar-refractivity contribution in [1.29, 1.82) is 0 Å². The van der Waals surface area contributed by atoms with Crippen LogP contribution in [-0.2, 0) is 23.6 Å². The maximum Gasteiger partial charge on any atom is 0.242 e. The van der Waals surface area contributed by atoms with Crippen LogP contribution in [0.15, 0.2) is 27.8 Å². The molecule has 0 saturated carbocycles. The maximum absolute atomic E-state index is 12.3. The molecule has 0 aromatic carbocycles. The molecule has 7 nitrogen and oxygen atoms in total. The van der Waals surface area contributed by atoms with Crippen LogP contribution in [0.4, 0.5) is 0 Å². The SMILES string of the molecule is Cc1cnc(C(C)NS(=O)(=O)c2cc(CN)n(C)c2)o1. The predicted molar refractivity (Wildman–Crippen MR) is 73.3 cm³/mol. The average Bonchev–Trinajstić information content (AvgIpc) is 2.95. The lowest BCUT2D eigenvalue weighted by atomic mass is 10.4. The highest BCUT2D eigenvalue weighted by molar-refractivity contribution is 7.89. The van der Waals surface area contributed by atoms with Crippen LogP contribution < -0.4 is 10.5 Å². The topological polar surface area (TPSA) is 103 Å². The molecule has 3 N–H and O–H groups in total. The molecule has 0 aliphatic carbocycles. The first kappa shape index (κ1) is 14.8. The van der Waals surface area contributed by atoms with E-state index in [0.717, 1.165) is 5.69 Å². The van der Waals surface area contributed by atoms with E-state index in [0.29, 0.717) is 11.7 Å². The van der Waals surface area contributed by atoms with Gasteiger partial charge in [0.2, 0.25) is 15.9 Å². The third kappa shape index (κ3) is 2.92. The largest absolute Gasteiger partial charge is 0.444 e. The zero-order chi connectivity index (χ0) is 14.9. The van der Waals surface area contributed by atoms with Gasteiger partial charge in [-0.2, -0.15) is 4.72 Å². The van der Waals surface area contributed by atoms with Crippen LogP contribution in [0.25, 0.3) is 0 Å². The fourth-order valence-corrected chi connectivity index (χ4v) is 3.14. The van der Waals surface area contributed by atoms with E-state index in [-0.39, 0.29) is 11.4 Å². The van der Waals surface area contributed by atoms with E-state index in [1.54, 1.807) is 37.7 Å². The van der Waals surface area contributed by atoms with Crippen LogP contribution in [0.5, 0.6) is 0 Å². The van der Waals surface area contributed by atoms with Crippen molar-refractivity contribution in [3.05, 3.63) is 35.8 Å². The van der Waals surface area contributed by atoms with Crippen molar-refractivity contribution in [2.45, 2.75) is 31.3 Å². The normalized spacial score (nSPS) is 13.6. The van der Waals surface area contributed by atoms with Crippen LogP contribution in [0.1, 0.15) is 30.3 Å². The minimum absolute atomic E-state index is 0.176. The van der Waals surface area contributed by atoms with Crippen LogP contribution in [0.2, 0.25) is 0 Å². The standard InChI is InChI=1S/C12H18N4O3S/c1-8-6-14-12(19-8)9(2)15-20(17,18)11-4-10(5-13)16(3)7-11/h4,6-7,9,15H,5,13H2,1-3H3. The van der Waals surface area contributed by atoms with Gasteiger partial charge in [-0.05, 0) is 19.9 Å². The number of rotatable bonds is 5. The number of oxazole rings is 1. The van der Waals surface area contributed by atoms with E-state index in [4.69, 9.17) is 10.2 Å². The highest BCUT2D eigenvalue weighted by Gasteiger charge is 2.22. The number of nitrogens with one attached hydrogen (secondary N) is 1. The molecule has 1 unspecified atom stereocenters. The molecule has 0 spiro atoms. The molecule has 0 bridgehead atoms. The molecule has 2 rings (SSSR count). The van der Waals surface area contributed by atoms with Gasteiger partial charge in [-0.15, -0.1) is 0 Å². The van der Waals surface area contributed by atoms with E-state index < -0.39 is 16.1 Å². The van der Waals surface area contributed by atoms with E-state index in [9.17, 15) is 8.42 Å². The number of nitrogens with zero attached hydrogens (tertiary/aromatic N) is 2. The molecule has 1 atom stereocenters. The fraction of sp³-hybridized carbons (Fsp3) is 0.417. The summed E-state index contributed by atoms with van der Waals surface area (Å²) in [6.45, 7) is 3.71. The number of aromatic nitrogens is 2. The quantitative estimate of drug-likeness (QED) is 0.850. The second-order valence-electron chi connectivity index (χ2n) is 4.63. The Kier molecular flexibility index (Phi) is 3.98. The molecule has 8 heteroatoms. The number of hydrogen-bond donors (Lipinski definition) is 2. The first-order valence-corrected chi connectivity index (χ1v) is 7.62. The van der Waals surface area contributed by atoms with Gasteiger partial charge in [-0.1, -0.05) is 0 Å². The number of hydrogen-bond acceptors (Lipinski definition) is 5. The van der Waals surface area contributed by atoms with Crippen LogP contribution in [-0.4, -0.2) is 18.0 Å². The first-order chi connectivity index (χ1) is 9.33. The van der Waals surface area contributed by atoms with Gasteiger partial charge in [0, 0.05) is 25.5 Å². The second-order valence-corrected chi connectivity index (χ2v) is 6.35. The van der Waals surface area contributed by atoms with Crippen molar-refractivity contribution in [2.24, 2.45) is 12.8 Å². The van der Waals surface area contributed by atoms with Gasteiger partial charge in [0.05, 0.1) is 17.1 Å². The Morgan fingerprint density at radius 1 is 1.55 bits per heavy atom. The molecule has 0 amide bonds. The molecule has 110 valence electrons. The zero-order valence-corrected chi connectivity index (χ0v) is 12.4. The van der Waals surface area contributed by atoms with E-state index in [2.05, 4.69) is 9.71 Å². The van der Waals surface area contributed by atoms with Crippen LogP contribution >= 0.6 is 0 Å². The highest BCUT2D eigenvalue weighted by atomic mass is 32.2. The van der Waals surface area contributed by atoms with E-state index in [1.807, 2.05) is 0 Å². The lowest BCUT2D eigenvalue weighted by Crippen LogP contribution is -2.26. The van der Waals surface area contributed by atoms with E-state index >= 15 is 0 Å². The van der Waals surface area contributed by atoms with Gasteiger partial charge in [0.25, 0.3) is 0 Å². The summed E-state index contributed by atoms with van der Waals surface area (Å²) < 4.78 is 34.1. The molecule has 0 saturated heterocycles. The summed E-state index contributed by atoms with van der Waals surface area (Å²) in [5, 5.41) is 0. The Labute approximate surface area is 117 Å². The Balaban J connectivity index is 2.22. The number of sulfonamides is 1. The minimum atomic E-state index is -3.64. The summed E-state index contributed by atoms with van der Waals surface area (Å²) >= 11 is 0. The van der Waals surface area contributed by atoms with Crippen molar-refractivity contribution in [2.75, 3.05) is 0 Å². The Morgan fingerprint density at radius 2 is 2.25 bits per heavy atom. The van der Waals surface area contributed by atoms with Gasteiger partial charge in [-0.25, -0.2) is 13.4 Å². The van der Waals surface area contributed by atoms with Gasteiger partial charge >= 0.3 is 0 Å². The maximum atomic E-state index is 12.3. The summed E-state index contributed by atoms with van der Waals surface area (Å²) in [5.74, 6) is 0.970. The van der Waals surface area contributed by atoms with Crippen molar-refractivity contribution in [3.63, 3.8) is 0 Å². The van der Waals surface area contributed by atoms with Gasteiger partial charge in [0.1, 0.15) is 5.76 Å². The van der Waals surface area contributed by atoms with Crippen LogP contribution in [0.3, 0.4) is 0 Å². The zero-order valence-electron chi connectivity index (χ0n) is 11.6. The smallest absolute Gasteiger partial charge is 0.242 e. The molecule has 0 aliphatic heterocycles. The predicted octanol–water partition coefficient (Wildman–Crippen LogP) is 0.820. The lowest BCUT2D eigenvalue weighted by molar-refractivity contribution is 0.428. The Morgan fingerprint density at radius 3 is 2.75 bits per heavy atom. The Hall–Kier alpha value is -1.64. The molecule has 20 heavy (non-hydrogen) atoms. The third-order valence-electron chi connectivity index (χ3n) is 2.94. The van der Waals surface area contributed by atoms with E-state index in [1.165, 1.54) is 6.20 Å². The van der Waals surface area contributed by atoms with Gasteiger partial charge < -0.3 is 14.7 Å². The summed E-state index contributed by atoms with van der Waals surface area (Å²) in [5.41, 5.74) is 6.28. The summed E-state index contributed by atoms with van der Waals surface area (Å²) in [4.78, 5) is 4.19. The molecular formula is C12H18N4O3S. The fourth-order valence-electron chi connectivity index (χ4n) is 1.85. The second kappa shape index (κ2) is 5.39. The molecule has 2 heterocycles. The highest BCUT2D eigenvalue weighted by Crippen LogP contribution is 2.18. The number of nitrogens with two attached hydrogens (primary N) is 1.